The van der Waals surface area contributed by atoms with Gasteiger partial charge in [-0.05, 0) is 189 Å². The molecule has 0 radical (unpaired) electrons. The fraction of sp³-hybridized carbons (Fsp3) is 0.846. The fourth-order valence-corrected chi connectivity index (χ4v) is 17.1. The molecule has 4 N–H and O–H groups in total. The Morgan fingerprint density at radius 1 is 0.456 bits per heavy atom. The topological polar surface area (TPSA) is 424 Å². The molecule has 13 atom stereocenters. The number of ether oxygens (including phenoxy) is 5. The number of esters is 4. The molecule has 38 heteroatoms. The van der Waals surface area contributed by atoms with E-state index in [1.54, 1.807) is 17.8 Å². The van der Waals surface area contributed by atoms with Crippen LogP contribution in [0.2, 0.25) is 0 Å². The van der Waals surface area contributed by atoms with Crippen LogP contribution >= 0.6 is 11.8 Å². The zero-order valence-corrected chi connectivity index (χ0v) is 62.8. The molecule has 6 bridgehead atoms. The second-order valence-corrected chi connectivity index (χ2v) is 36.6. The molecule has 0 spiro atoms. The highest BCUT2D eigenvalue weighted by Gasteiger charge is 2.54. The minimum atomic E-state index is -5.89. The highest BCUT2D eigenvalue weighted by Crippen LogP contribution is 2.51. The average molecular weight is 1590 g/mol. The second-order valence-electron chi connectivity index (χ2n) is 29.2. The summed E-state index contributed by atoms with van der Waals surface area (Å²) in [5, 5.41) is 18.7. The third-order valence-electron chi connectivity index (χ3n) is 20.0. The van der Waals surface area contributed by atoms with Crippen LogP contribution in [0.1, 0.15) is 233 Å². The smallest absolute Gasteiger partial charge is 0.370 e. The summed E-state index contributed by atoms with van der Waals surface area (Å²) >= 11 is 1.64. The molecular weight excluding hydrogens is 1490 g/mol. The summed E-state index contributed by atoms with van der Waals surface area (Å²) in [6.07, 6.45) is 15.8. The Labute approximate surface area is 601 Å². The molecule has 10 aliphatic rings. The Bertz CT molecular complexity index is 3100. The predicted molar refractivity (Wildman–Crippen MR) is 350 cm³/mol. The lowest BCUT2D eigenvalue weighted by atomic mass is 9.89. The van der Waals surface area contributed by atoms with E-state index in [0.717, 1.165) is 96.8 Å². The Morgan fingerprint density at radius 2 is 0.796 bits per heavy atom. The van der Waals surface area contributed by atoms with E-state index in [2.05, 4.69) is 18.9 Å². The van der Waals surface area contributed by atoms with Gasteiger partial charge in [-0.25, -0.2) is 38.5 Å². The lowest BCUT2D eigenvalue weighted by molar-refractivity contribution is -0.167. The van der Waals surface area contributed by atoms with Crippen molar-refractivity contribution in [2.45, 2.75) is 313 Å². The van der Waals surface area contributed by atoms with E-state index >= 15 is 0 Å². The molecule has 4 heterocycles. The highest BCUT2D eigenvalue weighted by molar-refractivity contribution is 8.01. The SMILES string of the molecule is CC(OC(=O)C1CC2CCC1C2)C(F)(F)S(=O)(=O)[O-].CC(OC(=O)C1CC2CCC1O2)C(F)(F)S(=O)(=O)[O-].CC(OC(=O)C1CC2CCC1S2)C(F)(F)S(=O)(=O)[O-].CC(OC(=O)c1ccccc1)C(F)(F)S(=O)(=O)[O-].CC1(O)CCCC1.CC1(O)CCCC1.CC1(O)CCCC1.CC1(O)CCCC1. The van der Waals surface area contributed by atoms with Gasteiger partial charge in [0.05, 0.1) is 57.9 Å². The van der Waals surface area contributed by atoms with E-state index in [4.69, 9.17) is 4.74 Å². The number of carbonyl (C=O) groups excluding carboxylic acids is 4. The molecular formula is C65H98F8O25S5-4. The van der Waals surface area contributed by atoms with E-state index in [1.807, 2.05) is 27.7 Å². The number of thioether (sulfide) groups is 1. The van der Waals surface area contributed by atoms with Gasteiger partial charge in [0.1, 0.15) is 0 Å². The summed E-state index contributed by atoms with van der Waals surface area (Å²) in [7, 11) is -23.5. The molecule has 13 unspecified atom stereocenters. The van der Waals surface area contributed by atoms with Crippen molar-refractivity contribution in [2.75, 3.05) is 0 Å². The highest BCUT2D eigenvalue weighted by atomic mass is 32.2. The Kier molecular flexibility index (Phi) is 32.7. The molecule has 103 heavy (non-hydrogen) atoms. The van der Waals surface area contributed by atoms with Crippen molar-refractivity contribution in [3.8, 4) is 0 Å². The van der Waals surface area contributed by atoms with E-state index in [0.29, 0.717) is 57.6 Å². The number of carbonyl (C=O) groups is 4. The first-order chi connectivity index (χ1) is 46.9. The normalized spacial score (nSPS) is 28.0. The third kappa shape index (κ3) is 27.1. The van der Waals surface area contributed by atoms with Crippen LogP contribution < -0.4 is 0 Å². The van der Waals surface area contributed by atoms with Crippen LogP contribution in [-0.2, 0) is 78.5 Å². The van der Waals surface area contributed by atoms with Crippen LogP contribution in [-0.4, -0.2) is 187 Å². The van der Waals surface area contributed by atoms with Gasteiger partial charge in [-0.3, -0.25) is 14.4 Å². The standard InChI is InChI=1S/C11H16F2O5S.C10H14F2O6S.C10H14F2O5S2.C10H10F2O5S.4C6H12O/c1-6(11(12,13)19(15,16)17)18-10(14)9-5-7-2-3-8(9)4-7;2*1-5(10(11,12)19(14,15)16)17-9(13)7-4-6-2-3-8(7)18-6;1-7(10(11,12)18(14,15)16)17-9(13)8-5-3-2-4-6-8;4*1-6(7)4-2-3-5-6/h6-9H,2-5H2,1H3,(H,15,16,17);2*5-8H,2-4H2,1H3,(H,14,15,16);2-7H,1H3,(H,14,15,16);4*7H,2-5H2,1H3/p-4. The van der Waals surface area contributed by atoms with E-state index in [-0.39, 0.29) is 51.3 Å². The van der Waals surface area contributed by atoms with Gasteiger partial charge in [-0.15, -0.1) is 0 Å². The molecule has 6 saturated carbocycles. The second kappa shape index (κ2) is 36.7. The number of hydrogen-bond acceptors (Lipinski definition) is 26. The van der Waals surface area contributed by atoms with Gasteiger partial charge in [0.2, 0.25) is 0 Å². The van der Waals surface area contributed by atoms with Crippen molar-refractivity contribution in [3.63, 3.8) is 0 Å². The van der Waals surface area contributed by atoms with Crippen molar-refractivity contribution >= 4 is 76.1 Å². The Hall–Kier alpha value is -3.67. The van der Waals surface area contributed by atoms with Crippen LogP contribution in [0.25, 0.3) is 0 Å². The van der Waals surface area contributed by atoms with Crippen molar-refractivity contribution < 1.29 is 150 Å². The number of fused-ring (bicyclic) bond motifs is 6. The van der Waals surface area contributed by atoms with Gasteiger partial charge >= 0.3 is 44.9 Å². The number of hydrogen-bond donors (Lipinski definition) is 4. The van der Waals surface area contributed by atoms with Gasteiger partial charge in [-0.2, -0.15) is 46.9 Å². The summed E-state index contributed by atoms with van der Waals surface area (Å²) in [5.74, 6) is -4.73. The maximum absolute atomic E-state index is 13.2. The zero-order valence-electron chi connectivity index (χ0n) is 58.7. The molecule has 4 saturated heterocycles. The minimum Gasteiger partial charge on any atom is -0.743 e. The van der Waals surface area contributed by atoms with Crippen molar-refractivity contribution in [1.29, 1.82) is 0 Å². The van der Waals surface area contributed by atoms with Crippen LogP contribution in [0.3, 0.4) is 0 Å². The molecule has 10 fully saturated rings. The number of benzene rings is 1. The molecule has 1 aromatic rings. The fourth-order valence-electron chi connectivity index (χ4n) is 13.5. The van der Waals surface area contributed by atoms with Gasteiger partial charge < -0.3 is 62.3 Å². The van der Waals surface area contributed by atoms with Crippen LogP contribution in [0.4, 0.5) is 35.1 Å². The molecule has 598 valence electrons. The van der Waals surface area contributed by atoms with Crippen molar-refractivity contribution in [1.82, 2.24) is 0 Å². The van der Waals surface area contributed by atoms with Gasteiger partial charge in [0.15, 0.2) is 64.9 Å². The largest absolute Gasteiger partial charge is 0.743 e. The van der Waals surface area contributed by atoms with Crippen LogP contribution in [0, 0.1) is 29.6 Å². The first kappa shape index (κ1) is 91.7. The lowest BCUT2D eigenvalue weighted by Crippen LogP contribution is -2.43. The Balaban J connectivity index is 0.000000258. The molecule has 6 aliphatic carbocycles. The minimum absolute atomic E-state index is 0.0246. The zero-order chi connectivity index (χ0) is 78.6. The van der Waals surface area contributed by atoms with Crippen LogP contribution in [0.15, 0.2) is 30.3 Å². The molecule has 11 rings (SSSR count). The van der Waals surface area contributed by atoms with E-state index < -0.39 is 128 Å². The summed E-state index contributed by atoms with van der Waals surface area (Å²) in [5.41, 5.74) is -1.25. The average Bonchev–Trinajstić information content (AvgIpc) is 1.77. The summed E-state index contributed by atoms with van der Waals surface area (Å²) < 4.78 is 253. The summed E-state index contributed by atoms with van der Waals surface area (Å²) in [6.45, 7) is 10.4. The number of halogens is 8. The Morgan fingerprint density at radius 3 is 1.05 bits per heavy atom. The van der Waals surface area contributed by atoms with Crippen LogP contribution in [0.5, 0.6) is 0 Å². The van der Waals surface area contributed by atoms with Crippen molar-refractivity contribution in [3.05, 3.63) is 35.9 Å². The van der Waals surface area contributed by atoms with Gasteiger partial charge in [0.25, 0.3) is 0 Å². The van der Waals surface area contributed by atoms with Crippen molar-refractivity contribution in [2.24, 2.45) is 29.6 Å². The quantitative estimate of drug-likeness (QED) is 0.0517. The molecule has 1 aromatic carbocycles. The van der Waals surface area contributed by atoms with Gasteiger partial charge in [-0.1, -0.05) is 76.0 Å². The third-order valence-corrected chi connectivity index (χ3v) is 25.7. The summed E-state index contributed by atoms with van der Waals surface area (Å²) in [4.78, 5) is 46.6. The van der Waals surface area contributed by atoms with E-state index in [1.165, 1.54) is 75.6 Å². The number of aliphatic hydroxyl groups is 4. The predicted octanol–water partition coefficient (Wildman–Crippen LogP) is 10.1. The molecule has 4 aliphatic heterocycles. The maximum Gasteiger partial charge on any atom is 0.370 e. The van der Waals surface area contributed by atoms with Gasteiger partial charge in [0, 0.05) is 10.5 Å². The number of rotatable bonds is 16. The first-order valence-electron chi connectivity index (χ1n) is 34.3. The first-order valence-corrected chi connectivity index (χ1v) is 40.9. The summed E-state index contributed by atoms with van der Waals surface area (Å²) in [6, 6.07) is 7.15. The molecule has 0 aromatic heterocycles. The lowest BCUT2D eigenvalue weighted by Gasteiger charge is -2.28. The molecule has 25 nitrogen and oxygen atoms in total. The number of alkyl halides is 8. The maximum atomic E-state index is 13.2. The molecule has 0 amide bonds. The monoisotopic (exact) mass is 1590 g/mol. The van der Waals surface area contributed by atoms with E-state index in [9.17, 15) is 127 Å².